The molecule has 0 aromatic rings. The largest absolute Gasteiger partial charge is 0.399 e. The second kappa shape index (κ2) is 2.67. The van der Waals surface area contributed by atoms with E-state index in [1.807, 2.05) is 0 Å². The molecule has 44 valence electrons. The Morgan fingerprint density at radius 3 is 1.86 bits per heavy atom. The van der Waals surface area contributed by atoms with Crippen molar-refractivity contribution in [3.63, 3.8) is 0 Å². The van der Waals surface area contributed by atoms with E-state index in [9.17, 15) is 13.2 Å². The molecule has 0 heterocycles. The molecule has 7 heavy (non-hydrogen) atoms. The van der Waals surface area contributed by atoms with Crippen molar-refractivity contribution in [3.05, 3.63) is 0 Å². The van der Waals surface area contributed by atoms with Gasteiger partial charge in [0.15, 0.2) is 0 Å². The van der Waals surface area contributed by atoms with Crippen LogP contribution < -0.4 is 0 Å². The van der Waals surface area contributed by atoms with Crippen molar-refractivity contribution in [1.29, 1.82) is 0 Å². The molecule has 0 aromatic carbocycles. The van der Waals surface area contributed by atoms with Gasteiger partial charge in [-0.25, -0.2) is 0 Å². The van der Waals surface area contributed by atoms with Crippen molar-refractivity contribution in [1.82, 2.24) is 0 Å². The molecule has 0 rings (SSSR count). The van der Waals surface area contributed by atoms with Crippen LogP contribution in [-0.2, 0) is 0 Å². The van der Waals surface area contributed by atoms with E-state index in [0.717, 1.165) is 0 Å². The van der Waals surface area contributed by atoms with Crippen LogP contribution in [-0.4, -0.2) is 11.9 Å². The van der Waals surface area contributed by atoms with Gasteiger partial charge in [0.25, 0.3) is 0 Å². The summed E-state index contributed by atoms with van der Waals surface area (Å²) >= 11 is 0. The Kier molecular flexibility index (Phi) is 2.83. The van der Waals surface area contributed by atoms with Gasteiger partial charge in [-0.3, -0.25) is 0 Å². The molecule has 0 amide bonds. The van der Waals surface area contributed by atoms with E-state index in [0.29, 0.717) is 0 Å². The molecular formula is C2H2ClF3S. The maximum absolute atomic E-state index is 11.0. The normalized spacial score (nSPS) is 12.0. The van der Waals surface area contributed by atoms with Crippen molar-refractivity contribution >= 4 is 21.7 Å². The third kappa shape index (κ3) is 6.43. The fraction of sp³-hybridized carbons (Fsp3) is 1.00. The van der Waals surface area contributed by atoms with Gasteiger partial charge < -0.3 is 0 Å². The molecule has 0 fully saturated rings. The highest BCUT2D eigenvalue weighted by atomic mass is 35.7. The summed E-state index contributed by atoms with van der Waals surface area (Å²) in [7, 11) is 4.94. The van der Waals surface area contributed by atoms with E-state index in [2.05, 4.69) is 10.7 Å². The van der Waals surface area contributed by atoms with E-state index >= 15 is 0 Å². The summed E-state index contributed by atoms with van der Waals surface area (Å²) in [5, 5.41) is 0. The van der Waals surface area contributed by atoms with Gasteiger partial charge >= 0.3 is 6.18 Å². The quantitative estimate of drug-likeness (QED) is 0.553. The van der Waals surface area contributed by atoms with Crippen molar-refractivity contribution < 1.29 is 13.2 Å². The molecular weight excluding hydrogens is 149 g/mol. The average Bonchev–Trinajstić information content (AvgIpc) is 1.30. The van der Waals surface area contributed by atoms with Crippen LogP contribution in [0.3, 0.4) is 0 Å². The smallest absolute Gasteiger partial charge is 0.170 e. The van der Waals surface area contributed by atoms with E-state index in [1.54, 1.807) is 0 Å². The van der Waals surface area contributed by atoms with Gasteiger partial charge in [0.1, 0.15) is 5.75 Å². The lowest BCUT2D eigenvalue weighted by Crippen LogP contribution is -2.08. The summed E-state index contributed by atoms with van der Waals surface area (Å²) in [6.45, 7) is 0. The lowest BCUT2D eigenvalue weighted by Gasteiger charge is -1.98. The highest BCUT2D eigenvalue weighted by Gasteiger charge is 2.26. The summed E-state index contributed by atoms with van der Waals surface area (Å²) in [5.41, 5.74) is 0. The van der Waals surface area contributed by atoms with Crippen LogP contribution in [0.25, 0.3) is 0 Å². The minimum atomic E-state index is -4.12. The third-order valence-corrected chi connectivity index (χ3v) is 0.982. The van der Waals surface area contributed by atoms with Crippen LogP contribution in [0.4, 0.5) is 13.2 Å². The van der Waals surface area contributed by atoms with Crippen molar-refractivity contribution in [2.45, 2.75) is 6.18 Å². The molecule has 0 spiro atoms. The fourth-order valence-corrected chi connectivity index (χ4v) is 0.557. The predicted molar refractivity (Wildman–Crippen MR) is 24.4 cm³/mol. The molecule has 0 radical (unpaired) electrons. The van der Waals surface area contributed by atoms with Gasteiger partial charge in [0.2, 0.25) is 0 Å². The lowest BCUT2D eigenvalue weighted by atomic mass is 10.8. The minimum Gasteiger partial charge on any atom is -0.170 e. The standard InChI is InChI=1S/C2H2ClF3S/c3-7-1-2(4,5)6/h1H2. The molecule has 0 aliphatic carbocycles. The Bertz CT molecular complexity index is 51.4. The summed E-state index contributed by atoms with van der Waals surface area (Å²) < 4.78 is 32.9. The number of halogens is 4. The summed E-state index contributed by atoms with van der Waals surface area (Å²) in [6, 6.07) is 0. The zero-order valence-electron chi connectivity index (χ0n) is 3.13. The highest BCUT2D eigenvalue weighted by molar-refractivity contribution is 8.21. The first-order chi connectivity index (χ1) is 3.06. The molecule has 0 bridgehead atoms. The molecule has 0 aliphatic heterocycles. The fourth-order valence-electron chi connectivity index (χ4n) is 0.0619. The monoisotopic (exact) mass is 150 g/mol. The lowest BCUT2D eigenvalue weighted by molar-refractivity contribution is -0.104. The van der Waals surface area contributed by atoms with Crippen molar-refractivity contribution in [3.8, 4) is 0 Å². The van der Waals surface area contributed by atoms with E-state index < -0.39 is 11.9 Å². The van der Waals surface area contributed by atoms with Crippen molar-refractivity contribution in [2.75, 3.05) is 5.75 Å². The highest BCUT2D eigenvalue weighted by Crippen LogP contribution is 2.22. The first-order valence-corrected chi connectivity index (χ1v) is 3.18. The number of rotatable bonds is 1. The van der Waals surface area contributed by atoms with Gasteiger partial charge in [-0.05, 0) is 21.7 Å². The summed E-state index contributed by atoms with van der Waals surface area (Å²) in [6.07, 6.45) is -4.12. The van der Waals surface area contributed by atoms with Crippen LogP contribution in [0, 0.1) is 0 Å². The van der Waals surface area contributed by atoms with E-state index in [-0.39, 0.29) is 11.0 Å². The van der Waals surface area contributed by atoms with E-state index in [1.165, 1.54) is 0 Å². The molecule has 0 saturated heterocycles. The van der Waals surface area contributed by atoms with Crippen LogP contribution >= 0.6 is 21.7 Å². The second-order valence-corrected chi connectivity index (χ2v) is 2.03. The first kappa shape index (κ1) is 7.43. The number of hydrogen-bond acceptors (Lipinski definition) is 1. The summed E-state index contributed by atoms with van der Waals surface area (Å²) in [5.74, 6) is -0.978. The van der Waals surface area contributed by atoms with Crippen LogP contribution in [0.1, 0.15) is 0 Å². The van der Waals surface area contributed by atoms with Gasteiger partial charge in [-0.2, -0.15) is 13.2 Å². The average molecular weight is 151 g/mol. The minimum absolute atomic E-state index is 0.256. The van der Waals surface area contributed by atoms with Crippen LogP contribution in [0.5, 0.6) is 0 Å². The van der Waals surface area contributed by atoms with Crippen molar-refractivity contribution in [2.24, 2.45) is 0 Å². The molecule has 0 nitrogen and oxygen atoms in total. The zero-order valence-corrected chi connectivity index (χ0v) is 4.70. The van der Waals surface area contributed by atoms with Crippen LogP contribution in [0.2, 0.25) is 0 Å². The maximum atomic E-state index is 11.0. The van der Waals surface area contributed by atoms with Gasteiger partial charge in [0.05, 0.1) is 0 Å². The molecule has 0 atom stereocenters. The zero-order chi connectivity index (χ0) is 5.91. The van der Waals surface area contributed by atoms with Gasteiger partial charge in [-0.15, -0.1) is 0 Å². The van der Waals surface area contributed by atoms with Gasteiger partial charge in [0, 0.05) is 0 Å². The summed E-state index contributed by atoms with van der Waals surface area (Å²) in [4.78, 5) is 0. The first-order valence-electron chi connectivity index (χ1n) is 1.36. The number of hydrogen-bond donors (Lipinski definition) is 0. The second-order valence-electron chi connectivity index (χ2n) is 0.869. The molecule has 0 N–H and O–H groups in total. The SMILES string of the molecule is FC(F)(F)CSCl. The Morgan fingerprint density at radius 1 is 1.43 bits per heavy atom. The third-order valence-electron chi connectivity index (χ3n) is 0.218. The Hall–Kier alpha value is 0.430. The van der Waals surface area contributed by atoms with E-state index in [4.69, 9.17) is 0 Å². The molecule has 0 aliphatic rings. The molecule has 0 saturated carbocycles. The molecule has 5 heteroatoms. The number of alkyl halides is 3. The molecule has 0 unspecified atom stereocenters. The Labute approximate surface area is 47.5 Å². The van der Waals surface area contributed by atoms with Crippen LogP contribution in [0.15, 0.2) is 0 Å². The maximum Gasteiger partial charge on any atom is 0.399 e. The topological polar surface area (TPSA) is 0 Å². The van der Waals surface area contributed by atoms with Gasteiger partial charge in [-0.1, -0.05) is 0 Å². The predicted octanol–water partition coefficient (Wildman–Crippen LogP) is 2.44. The Morgan fingerprint density at radius 2 is 1.86 bits per heavy atom. The molecule has 0 aromatic heterocycles. The Balaban J connectivity index is 3.15.